The number of thiophene rings is 1. The lowest BCUT2D eigenvalue weighted by Gasteiger charge is -2.22. The summed E-state index contributed by atoms with van der Waals surface area (Å²) in [7, 11) is -0.992. The molecule has 1 unspecified atom stereocenters. The van der Waals surface area contributed by atoms with Crippen LogP contribution in [0.5, 0.6) is 0 Å². The lowest BCUT2D eigenvalue weighted by Crippen LogP contribution is -2.32. The first-order valence-electron chi connectivity index (χ1n) is 6.02. The quantitative estimate of drug-likeness (QED) is 0.909. The van der Waals surface area contributed by atoms with Gasteiger partial charge in [0.05, 0.1) is 11.5 Å². The normalized spacial score (nSPS) is 21.9. The lowest BCUT2D eigenvalue weighted by atomic mass is 10.2. The van der Waals surface area contributed by atoms with Gasteiger partial charge in [0.25, 0.3) is 0 Å². The van der Waals surface area contributed by atoms with Gasteiger partial charge in [0.1, 0.15) is 4.88 Å². The summed E-state index contributed by atoms with van der Waals surface area (Å²) in [5, 5.41) is 8.95. The zero-order valence-corrected chi connectivity index (χ0v) is 12.6. The maximum atomic E-state index is 11.5. The molecule has 1 saturated heterocycles. The van der Waals surface area contributed by atoms with Gasteiger partial charge in [0.2, 0.25) is 0 Å². The zero-order valence-electron chi connectivity index (χ0n) is 10.9. The van der Waals surface area contributed by atoms with Crippen LogP contribution in [0.25, 0.3) is 0 Å². The van der Waals surface area contributed by atoms with Gasteiger partial charge < -0.3 is 5.11 Å². The van der Waals surface area contributed by atoms with Gasteiger partial charge >= 0.3 is 5.97 Å². The summed E-state index contributed by atoms with van der Waals surface area (Å²) in [4.78, 5) is 14.2. The van der Waals surface area contributed by atoms with Crippen molar-refractivity contribution in [1.82, 2.24) is 4.90 Å². The molecule has 1 fully saturated rings. The Kier molecular flexibility index (Phi) is 3.98. The van der Waals surface area contributed by atoms with Crippen molar-refractivity contribution in [1.29, 1.82) is 0 Å². The molecular weight excluding hydrogens is 286 g/mol. The van der Waals surface area contributed by atoms with E-state index in [-0.39, 0.29) is 17.5 Å². The summed E-state index contributed by atoms with van der Waals surface area (Å²) in [5.74, 6) is -0.450. The molecule has 2 heterocycles. The highest BCUT2D eigenvalue weighted by Crippen LogP contribution is 2.25. The minimum absolute atomic E-state index is 0.0394. The van der Waals surface area contributed by atoms with Crippen molar-refractivity contribution in [2.75, 3.05) is 18.6 Å². The maximum absolute atomic E-state index is 11.5. The van der Waals surface area contributed by atoms with Gasteiger partial charge in [0.15, 0.2) is 9.84 Å². The van der Waals surface area contributed by atoms with Gasteiger partial charge in [0, 0.05) is 17.5 Å². The number of carboxylic acid groups (broad SMARTS) is 1. The number of nitrogens with zero attached hydrogens (tertiary/aromatic N) is 1. The molecule has 7 heteroatoms. The zero-order chi connectivity index (χ0) is 14.2. The molecule has 1 aromatic rings. The fourth-order valence-electron chi connectivity index (χ4n) is 2.30. The van der Waals surface area contributed by atoms with Gasteiger partial charge in [-0.25, -0.2) is 13.2 Å². The van der Waals surface area contributed by atoms with Crippen molar-refractivity contribution in [3.63, 3.8) is 0 Å². The van der Waals surface area contributed by atoms with E-state index in [1.165, 1.54) is 11.3 Å². The van der Waals surface area contributed by atoms with Crippen molar-refractivity contribution in [2.24, 2.45) is 0 Å². The number of aromatic carboxylic acids is 1. The van der Waals surface area contributed by atoms with Crippen LogP contribution in [0, 0.1) is 6.92 Å². The van der Waals surface area contributed by atoms with Crippen molar-refractivity contribution in [3.05, 3.63) is 21.4 Å². The summed E-state index contributed by atoms with van der Waals surface area (Å²) in [6, 6.07) is 1.72. The van der Waals surface area contributed by atoms with E-state index in [1.54, 1.807) is 6.07 Å². The summed E-state index contributed by atoms with van der Waals surface area (Å²) < 4.78 is 22.9. The molecular formula is C12H17NO4S2. The Bertz CT molecular complexity index is 591. The van der Waals surface area contributed by atoms with Crippen LogP contribution < -0.4 is 0 Å². The first kappa shape index (κ1) is 14.5. The molecule has 0 radical (unpaired) electrons. The second-order valence-corrected chi connectivity index (χ2v) is 8.45. The van der Waals surface area contributed by atoms with E-state index >= 15 is 0 Å². The molecule has 1 aromatic heterocycles. The molecule has 0 amide bonds. The Morgan fingerprint density at radius 3 is 2.74 bits per heavy atom. The predicted molar refractivity (Wildman–Crippen MR) is 74.5 cm³/mol. The van der Waals surface area contributed by atoms with E-state index in [1.807, 2.05) is 18.9 Å². The first-order chi connectivity index (χ1) is 8.78. The Hall–Kier alpha value is -0.920. The van der Waals surface area contributed by atoms with Gasteiger partial charge in [-0.3, -0.25) is 4.90 Å². The maximum Gasteiger partial charge on any atom is 0.345 e. The molecule has 1 N–H and O–H groups in total. The summed E-state index contributed by atoms with van der Waals surface area (Å²) in [6.45, 7) is 2.49. The molecule has 0 aliphatic carbocycles. The number of carbonyl (C=O) groups is 1. The minimum atomic E-state index is -2.88. The summed E-state index contributed by atoms with van der Waals surface area (Å²) >= 11 is 1.26. The average Bonchev–Trinajstić information content (AvgIpc) is 2.83. The predicted octanol–water partition coefficient (Wildman–Crippen LogP) is 1.37. The molecule has 0 saturated carbocycles. The summed E-state index contributed by atoms with van der Waals surface area (Å²) in [6.07, 6.45) is 0.661. The van der Waals surface area contributed by atoms with Crippen LogP contribution >= 0.6 is 11.3 Å². The SMILES string of the molecule is Cc1sc(C(=O)O)cc1CN(C)C1CCS(=O)(=O)C1. The topological polar surface area (TPSA) is 74.7 Å². The molecule has 5 nitrogen and oxygen atoms in total. The first-order valence-corrected chi connectivity index (χ1v) is 8.65. The Morgan fingerprint density at radius 1 is 1.58 bits per heavy atom. The van der Waals surface area contributed by atoms with E-state index in [9.17, 15) is 13.2 Å². The fraction of sp³-hybridized carbons (Fsp3) is 0.583. The molecule has 106 valence electrons. The molecule has 0 aromatic carbocycles. The smallest absolute Gasteiger partial charge is 0.345 e. The van der Waals surface area contributed by atoms with Gasteiger partial charge in [-0.15, -0.1) is 11.3 Å². The second-order valence-electron chi connectivity index (χ2n) is 4.97. The number of aryl methyl sites for hydroxylation is 1. The van der Waals surface area contributed by atoms with Crippen molar-refractivity contribution < 1.29 is 18.3 Å². The monoisotopic (exact) mass is 303 g/mol. The van der Waals surface area contributed by atoms with Crippen LogP contribution in [0.4, 0.5) is 0 Å². The van der Waals surface area contributed by atoms with Crippen molar-refractivity contribution >= 4 is 27.1 Å². The van der Waals surface area contributed by atoms with Crippen molar-refractivity contribution in [3.8, 4) is 0 Å². The van der Waals surface area contributed by atoms with Gasteiger partial charge in [-0.1, -0.05) is 0 Å². The van der Waals surface area contributed by atoms with Crippen molar-refractivity contribution in [2.45, 2.75) is 25.9 Å². The molecule has 1 aliphatic heterocycles. The molecule has 19 heavy (non-hydrogen) atoms. The minimum Gasteiger partial charge on any atom is -0.477 e. The molecule has 0 spiro atoms. The number of rotatable bonds is 4. The van der Waals surface area contributed by atoms with Crippen LogP contribution in [0.15, 0.2) is 6.07 Å². The van der Waals surface area contributed by atoms with E-state index in [0.29, 0.717) is 17.8 Å². The van der Waals surface area contributed by atoms with Crippen LogP contribution in [-0.4, -0.2) is 49.0 Å². The largest absolute Gasteiger partial charge is 0.477 e. The van der Waals surface area contributed by atoms with E-state index < -0.39 is 15.8 Å². The second kappa shape index (κ2) is 5.22. The van der Waals surface area contributed by atoms with Crippen LogP contribution in [-0.2, 0) is 16.4 Å². The van der Waals surface area contributed by atoms with Crippen LogP contribution in [0.3, 0.4) is 0 Å². The molecule has 2 rings (SSSR count). The van der Waals surface area contributed by atoms with Gasteiger partial charge in [-0.2, -0.15) is 0 Å². The lowest BCUT2D eigenvalue weighted by molar-refractivity contribution is 0.0702. The average molecular weight is 303 g/mol. The number of carboxylic acids is 1. The van der Waals surface area contributed by atoms with E-state index in [0.717, 1.165) is 10.4 Å². The molecule has 0 bridgehead atoms. The Balaban J connectivity index is 2.07. The fourth-order valence-corrected chi connectivity index (χ4v) is 4.98. The van der Waals surface area contributed by atoms with Gasteiger partial charge in [-0.05, 0) is 32.0 Å². The Morgan fingerprint density at radius 2 is 2.26 bits per heavy atom. The van der Waals surface area contributed by atoms with Crippen LogP contribution in [0.2, 0.25) is 0 Å². The van der Waals surface area contributed by atoms with E-state index in [4.69, 9.17) is 5.11 Å². The van der Waals surface area contributed by atoms with E-state index in [2.05, 4.69) is 0 Å². The van der Waals surface area contributed by atoms with Crippen LogP contribution in [0.1, 0.15) is 26.5 Å². The Labute approximate surface area is 116 Å². The summed E-state index contributed by atoms with van der Waals surface area (Å²) in [5.41, 5.74) is 0.967. The standard InChI is InChI=1S/C12H17NO4S2/c1-8-9(5-11(18-8)12(14)15)6-13(2)10-3-4-19(16,17)7-10/h5,10H,3-4,6-7H2,1-2H3,(H,14,15). The third-order valence-corrected chi connectivity index (χ3v) is 6.31. The highest BCUT2D eigenvalue weighted by atomic mass is 32.2. The highest BCUT2D eigenvalue weighted by Gasteiger charge is 2.30. The third kappa shape index (κ3) is 3.34. The number of sulfone groups is 1. The molecule has 1 atom stereocenters. The number of hydrogen-bond acceptors (Lipinski definition) is 5. The number of hydrogen-bond donors (Lipinski definition) is 1. The molecule has 1 aliphatic rings. The third-order valence-electron chi connectivity index (χ3n) is 3.48. The highest BCUT2D eigenvalue weighted by molar-refractivity contribution is 7.91.